The van der Waals surface area contributed by atoms with Crippen LogP contribution >= 0.6 is 0 Å². The molecule has 1 aliphatic rings. The SMILES string of the molecule is CN(N)CC(CO)C1CCCC1. The minimum absolute atomic E-state index is 0.284. The molecule has 0 amide bonds. The van der Waals surface area contributed by atoms with Gasteiger partial charge in [-0.3, -0.25) is 5.84 Å². The Morgan fingerprint density at radius 3 is 2.50 bits per heavy atom. The summed E-state index contributed by atoms with van der Waals surface area (Å²) in [7, 11) is 1.86. The molecule has 0 aromatic heterocycles. The number of nitrogens with two attached hydrogens (primary N) is 1. The number of aliphatic hydroxyl groups excluding tert-OH is 1. The second kappa shape index (κ2) is 4.80. The van der Waals surface area contributed by atoms with E-state index in [1.165, 1.54) is 25.7 Å². The van der Waals surface area contributed by atoms with Gasteiger partial charge in [0, 0.05) is 20.2 Å². The largest absolute Gasteiger partial charge is 0.396 e. The predicted molar refractivity (Wildman–Crippen MR) is 49.4 cm³/mol. The smallest absolute Gasteiger partial charge is 0.0474 e. The Balaban J connectivity index is 2.32. The monoisotopic (exact) mass is 172 g/mol. The molecule has 72 valence electrons. The van der Waals surface area contributed by atoms with Crippen molar-refractivity contribution in [2.45, 2.75) is 25.7 Å². The number of nitrogens with zero attached hydrogens (tertiary/aromatic N) is 1. The molecule has 0 saturated heterocycles. The van der Waals surface area contributed by atoms with Gasteiger partial charge in [-0.25, -0.2) is 5.01 Å². The average Bonchev–Trinajstić information content (AvgIpc) is 2.51. The summed E-state index contributed by atoms with van der Waals surface area (Å²) in [6.07, 6.45) is 5.21. The van der Waals surface area contributed by atoms with Crippen LogP contribution in [-0.4, -0.2) is 30.3 Å². The molecule has 0 bridgehead atoms. The van der Waals surface area contributed by atoms with Gasteiger partial charge in [0.15, 0.2) is 0 Å². The molecule has 1 aliphatic carbocycles. The average molecular weight is 172 g/mol. The molecule has 1 rings (SSSR count). The third-order valence-electron chi connectivity index (χ3n) is 2.82. The summed E-state index contributed by atoms with van der Waals surface area (Å²) in [5, 5.41) is 10.8. The number of hydrazine groups is 1. The van der Waals surface area contributed by atoms with Crippen LogP contribution in [0.4, 0.5) is 0 Å². The maximum absolute atomic E-state index is 9.15. The van der Waals surface area contributed by atoms with Crippen molar-refractivity contribution in [3.63, 3.8) is 0 Å². The van der Waals surface area contributed by atoms with Crippen molar-refractivity contribution in [2.75, 3.05) is 20.2 Å². The normalized spacial score (nSPS) is 22.0. The maximum Gasteiger partial charge on any atom is 0.0474 e. The summed E-state index contributed by atoms with van der Waals surface area (Å²) in [6, 6.07) is 0. The third kappa shape index (κ3) is 2.73. The van der Waals surface area contributed by atoms with Gasteiger partial charge in [-0.2, -0.15) is 0 Å². The van der Waals surface area contributed by atoms with Gasteiger partial charge in [0.05, 0.1) is 0 Å². The van der Waals surface area contributed by atoms with E-state index in [9.17, 15) is 0 Å². The van der Waals surface area contributed by atoms with Crippen LogP contribution in [0.5, 0.6) is 0 Å². The lowest BCUT2D eigenvalue weighted by atomic mass is 9.91. The zero-order valence-electron chi connectivity index (χ0n) is 7.87. The molecule has 3 N–H and O–H groups in total. The molecule has 1 atom stereocenters. The summed E-state index contributed by atoms with van der Waals surface area (Å²) in [4.78, 5) is 0. The van der Waals surface area contributed by atoms with Crippen molar-refractivity contribution in [2.24, 2.45) is 17.7 Å². The number of hydrogen-bond acceptors (Lipinski definition) is 3. The van der Waals surface area contributed by atoms with Crippen LogP contribution in [0, 0.1) is 11.8 Å². The van der Waals surface area contributed by atoms with Gasteiger partial charge in [-0.1, -0.05) is 25.7 Å². The van der Waals surface area contributed by atoms with E-state index in [4.69, 9.17) is 10.9 Å². The molecule has 0 aromatic rings. The third-order valence-corrected chi connectivity index (χ3v) is 2.82. The lowest BCUT2D eigenvalue weighted by molar-refractivity contribution is 0.135. The van der Waals surface area contributed by atoms with Gasteiger partial charge < -0.3 is 5.11 Å². The summed E-state index contributed by atoms with van der Waals surface area (Å²) >= 11 is 0. The minimum Gasteiger partial charge on any atom is -0.396 e. The molecule has 0 radical (unpaired) electrons. The van der Waals surface area contributed by atoms with Crippen molar-refractivity contribution in [3.05, 3.63) is 0 Å². The van der Waals surface area contributed by atoms with Crippen molar-refractivity contribution in [1.29, 1.82) is 0 Å². The molecule has 1 fully saturated rings. The van der Waals surface area contributed by atoms with Crippen molar-refractivity contribution in [3.8, 4) is 0 Å². The highest BCUT2D eigenvalue weighted by Crippen LogP contribution is 2.31. The van der Waals surface area contributed by atoms with Crippen molar-refractivity contribution in [1.82, 2.24) is 5.01 Å². The van der Waals surface area contributed by atoms with Gasteiger partial charge in [0.2, 0.25) is 0 Å². The van der Waals surface area contributed by atoms with Gasteiger partial charge in [-0.15, -0.1) is 0 Å². The summed E-state index contributed by atoms with van der Waals surface area (Å²) < 4.78 is 0. The molecular weight excluding hydrogens is 152 g/mol. The lowest BCUT2D eigenvalue weighted by Gasteiger charge is -2.24. The molecule has 3 heteroatoms. The molecule has 0 aliphatic heterocycles. The van der Waals surface area contributed by atoms with E-state index >= 15 is 0 Å². The fourth-order valence-electron chi connectivity index (χ4n) is 2.15. The van der Waals surface area contributed by atoms with E-state index in [1.54, 1.807) is 5.01 Å². The first-order valence-electron chi connectivity index (χ1n) is 4.80. The highest BCUT2D eigenvalue weighted by atomic mass is 16.3. The fourth-order valence-corrected chi connectivity index (χ4v) is 2.15. The fraction of sp³-hybridized carbons (Fsp3) is 1.00. The first-order valence-corrected chi connectivity index (χ1v) is 4.80. The minimum atomic E-state index is 0.284. The number of rotatable bonds is 4. The zero-order chi connectivity index (χ0) is 8.97. The molecule has 0 spiro atoms. The Morgan fingerprint density at radius 1 is 1.50 bits per heavy atom. The molecule has 1 unspecified atom stereocenters. The summed E-state index contributed by atoms with van der Waals surface area (Å²) in [5.41, 5.74) is 0. The van der Waals surface area contributed by atoms with Crippen LogP contribution in [0.3, 0.4) is 0 Å². The molecule has 0 heterocycles. The second-order valence-corrected chi connectivity index (χ2v) is 3.93. The van der Waals surface area contributed by atoms with Crippen LogP contribution in [-0.2, 0) is 0 Å². The number of aliphatic hydroxyl groups is 1. The van der Waals surface area contributed by atoms with Gasteiger partial charge in [-0.05, 0) is 11.8 Å². The summed E-state index contributed by atoms with van der Waals surface area (Å²) in [5.74, 6) is 6.66. The van der Waals surface area contributed by atoms with Crippen LogP contribution < -0.4 is 5.84 Å². The van der Waals surface area contributed by atoms with Gasteiger partial charge in [0.25, 0.3) is 0 Å². The van der Waals surface area contributed by atoms with Crippen LogP contribution in [0.2, 0.25) is 0 Å². The van der Waals surface area contributed by atoms with E-state index in [1.807, 2.05) is 7.05 Å². The maximum atomic E-state index is 9.15. The van der Waals surface area contributed by atoms with E-state index in [-0.39, 0.29) is 6.61 Å². The first-order chi connectivity index (χ1) is 5.74. The van der Waals surface area contributed by atoms with E-state index in [0.717, 1.165) is 6.54 Å². The highest BCUT2D eigenvalue weighted by molar-refractivity contribution is 4.76. The Hall–Kier alpha value is -0.120. The second-order valence-electron chi connectivity index (χ2n) is 3.93. The quantitative estimate of drug-likeness (QED) is 0.482. The van der Waals surface area contributed by atoms with E-state index < -0.39 is 0 Å². The Morgan fingerprint density at radius 2 is 2.08 bits per heavy atom. The predicted octanol–water partition coefficient (Wildman–Crippen LogP) is 0.591. The first kappa shape index (κ1) is 9.96. The summed E-state index contributed by atoms with van der Waals surface area (Å²) in [6.45, 7) is 1.10. The molecular formula is C9H20N2O. The topological polar surface area (TPSA) is 49.5 Å². The Bertz CT molecular complexity index is 122. The lowest BCUT2D eigenvalue weighted by Crippen LogP contribution is -2.35. The molecule has 3 nitrogen and oxygen atoms in total. The molecule has 12 heavy (non-hydrogen) atoms. The molecule has 0 aromatic carbocycles. The zero-order valence-corrected chi connectivity index (χ0v) is 7.87. The van der Waals surface area contributed by atoms with Crippen LogP contribution in [0.15, 0.2) is 0 Å². The van der Waals surface area contributed by atoms with Crippen LogP contribution in [0.25, 0.3) is 0 Å². The number of hydrogen-bond donors (Lipinski definition) is 2. The van der Waals surface area contributed by atoms with E-state index in [2.05, 4.69) is 0 Å². The van der Waals surface area contributed by atoms with Crippen molar-refractivity contribution < 1.29 is 5.11 Å². The standard InChI is InChI=1S/C9H20N2O/c1-11(10)6-9(7-12)8-4-2-3-5-8/h8-9,12H,2-7,10H2,1H3. The Kier molecular flexibility index (Phi) is 3.98. The Labute approximate surface area is 74.5 Å². The van der Waals surface area contributed by atoms with Gasteiger partial charge in [0.1, 0.15) is 0 Å². The highest BCUT2D eigenvalue weighted by Gasteiger charge is 2.24. The molecule has 1 saturated carbocycles. The van der Waals surface area contributed by atoms with Crippen LogP contribution in [0.1, 0.15) is 25.7 Å². The van der Waals surface area contributed by atoms with E-state index in [0.29, 0.717) is 11.8 Å². The van der Waals surface area contributed by atoms with Gasteiger partial charge >= 0.3 is 0 Å². The van der Waals surface area contributed by atoms with Crippen molar-refractivity contribution >= 4 is 0 Å².